The number of aryl methyl sites for hydroxylation is 3. The van der Waals surface area contributed by atoms with E-state index in [-0.39, 0.29) is 11.9 Å². The third-order valence-electron chi connectivity index (χ3n) is 6.09. The van der Waals surface area contributed by atoms with E-state index in [1.807, 2.05) is 32.5 Å². The Labute approximate surface area is 162 Å². The molecule has 1 amide bonds. The highest BCUT2D eigenvalue weighted by Gasteiger charge is 2.30. The van der Waals surface area contributed by atoms with Gasteiger partial charge in [-0.15, -0.1) is 0 Å². The Morgan fingerprint density at radius 2 is 1.85 bits per heavy atom. The van der Waals surface area contributed by atoms with Crippen LogP contribution < -0.4 is 15.1 Å². The van der Waals surface area contributed by atoms with E-state index in [1.54, 1.807) is 0 Å². The first-order valence-corrected chi connectivity index (χ1v) is 9.76. The summed E-state index contributed by atoms with van der Waals surface area (Å²) < 4.78 is 1.81. The van der Waals surface area contributed by atoms with Gasteiger partial charge in [0.2, 0.25) is 0 Å². The van der Waals surface area contributed by atoms with Gasteiger partial charge in [0.05, 0.1) is 43.3 Å². The predicted octanol–water partition coefficient (Wildman–Crippen LogP) is 1.39. The summed E-state index contributed by atoms with van der Waals surface area (Å²) in [6.07, 6.45) is 0. The molecule has 1 aliphatic rings. The second-order valence-electron chi connectivity index (χ2n) is 7.74. The molecule has 1 saturated heterocycles. The average Bonchev–Trinajstić information content (AvgIpc) is 2.89. The summed E-state index contributed by atoms with van der Waals surface area (Å²) in [5, 5.41) is 7.48. The quantitative estimate of drug-likeness (QED) is 0.855. The van der Waals surface area contributed by atoms with E-state index in [9.17, 15) is 4.79 Å². The molecule has 3 rings (SSSR count). The van der Waals surface area contributed by atoms with E-state index < -0.39 is 0 Å². The van der Waals surface area contributed by atoms with Crippen LogP contribution in [0.1, 0.15) is 29.4 Å². The van der Waals surface area contributed by atoms with Crippen LogP contribution in [0.3, 0.4) is 0 Å². The van der Waals surface area contributed by atoms with Crippen LogP contribution in [0.4, 0.5) is 11.4 Å². The maximum atomic E-state index is 12.8. The van der Waals surface area contributed by atoms with Gasteiger partial charge in [-0.3, -0.25) is 9.48 Å². The normalized spacial score (nSPS) is 16.4. The third kappa shape index (κ3) is 3.86. The lowest BCUT2D eigenvalue weighted by Gasteiger charge is -2.36. The van der Waals surface area contributed by atoms with E-state index in [4.69, 9.17) is 0 Å². The largest absolute Gasteiger partial charge is 0.360 e. The average molecular weight is 371 g/mol. The molecule has 0 spiro atoms. The van der Waals surface area contributed by atoms with Gasteiger partial charge in [0.1, 0.15) is 0 Å². The highest BCUT2D eigenvalue weighted by atomic mass is 16.2. The molecular weight excluding hydrogens is 338 g/mol. The maximum Gasteiger partial charge on any atom is 0.282 e. The summed E-state index contributed by atoms with van der Waals surface area (Å²) in [6, 6.07) is 6.42. The molecule has 1 aliphatic heterocycles. The number of hydrogen-bond acceptors (Lipinski definition) is 3. The maximum absolute atomic E-state index is 12.8. The number of benzene rings is 1. The van der Waals surface area contributed by atoms with Gasteiger partial charge in [-0.1, -0.05) is 12.1 Å². The number of rotatable bonds is 4. The molecular formula is C21H32N5O+. The van der Waals surface area contributed by atoms with Crippen LogP contribution in [0.15, 0.2) is 18.2 Å². The number of anilines is 2. The van der Waals surface area contributed by atoms with Gasteiger partial charge in [-0.25, -0.2) is 0 Å². The summed E-state index contributed by atoms with van der Waals surface area (Å²) in [4.78, 5) is 16.6. The minimum Gasteiger partial charge on any atom is -0.360 e. The number of carbonyl (C=O) groups is 1. The molecule has 6 nitrogen and oxygen atoms in total. The van der Waals surface area contributed by atoms with E-state index >= 15 is 0 Å². The first-order valence-electron chi connectivity index (χ1n) is 9.76. The summed E-state index contributed by atoms with van der Waals surface area (Å²) in [5.41, 5.74) is 6.72. The van der Waals surface area contributed by atoms with Gasteiger partial charge < -0.3 is 15.1 Å². The standard InChI is InChI=1S/C21H31N5O/c1-14-8-7-9-19(15(14)2)26-12-10-25(11-13-26)18(5)21(27)22-20-16(3)23-24(6)17(20)4/h7-9,18H,10-13H2,1-6H3,(H,22,27)/p+1/t18-/m0/s1. The smallest absolute Gasteiger partial charge is 0.282 e. The molecule has 27 heavy (non-hydrogen) atoms. The fourth-order valence-corrected chi connectivity index (χ4v) is 3.92. The summed E-state index contributed by atoms with van der Waals surface area (Å²) in [7, 11) is 1.90. The molecule has 146 valence electrons. The molecule has 1 atom stereocenters. The van der Waals surface area contributed by atoms with Crippen molar-refractivity contribution in [1.29, 1.82) is 0 Å². The minimum absolute atomic E-state index is 0.0735. The Bertz CT molecular complexity index is 833. The van der Waals surface area contributed by atoms with Crippen LogP contribution >= 0.6 is 0 Å². The highest BCUT2D eigenvalue weighted by molar-refractivity contribution is 5.94. The van der Waals surface area contributed by atoms with Crippen molar-refractivity contribution in [3.63, 3.8) is 0 Å². The zero-order chi connectivity index (χ0) is 19.7. The summed E-state index contributed by atoms with van der Waals surface area (Å²) in [5.74, 6) is 0.0735. The van der Waals surface area contributed by atoms with Crippen molar-refractivity contribution >= 4 is 17.3 Å². The molecule has 0 unspecified atom stereocenters. The molecule has 2 N–H and O–H groups in total. The van der Waals surface area contributed by atoms with Crippen LogP contribution in [0, 0.1) is 27.7 Å². The fourth-order valence-electron chi connectivity index (χ4n) is 3.92. The first kappa shape index (κ1) is 19.4. The lowest BCUT2D eigenvalue weighted by molar-refractivity contribution is -0.914. The highest BCUT2D eigenvalue weighted by Crippen LogP contribution is 2.22. The summed E-state index contributed by atoms with van der Waals surface area (Å²) >= 11 is 0. The molecule has 2 aromatic rings. The number of hydrogen-bond donors (Lipinski definition) is 2. The molecule has 0 saturated carbocycles. The van der Waals surface area contributed by atoms with E-state index in [0.29, 0.717) is 0 Å². The SMILES string of the molecule is Cc1cccc(N2CC[NH+]([C@@H](C)C(=O)Nc3c(C)nn(C)c3C)CC2)c1C. The van der Waals surface area contributed by atoms with Crippen LogP contribution in [0.2, 0.25) is 0 Å². The van der Waals surface area contributed by atoms with Crippen LogP contribution in [0.25, 0.3) is 0 Å². The molecule has 1 fully saturated rings. The van der Waals surface area contributed by atoms with E-state index in [0.717, 1.165) is 43.3 Å². The number of amides is 1. The van der Waals surface area contributed by atoms with E-state index in [1.165, 1.54) is 21.7 Å². The Morgan fingerprint density at radius 1 is 1.19 bits per heavy atom. The number of carbonyl (C=O) groups excluding carboxylic acids is 1. The van der Waals surface area contributed by atoms with Crippen molar-refractivity contribution in [3.05, 3.63) is 40.7 Å². The molecule has 0 radical (unpaired) electrons. The zero-order valence-electron chi connectivity index (χ0n) is 17.4. The monoisotopic (exact) mass is 370 g/mol. The first-order chi connectivity index (χ1) is 12.8. The minimum atomic E-state index is -0.0789. The lowest BCUT2D eigenvalue weighted by Crippen LogP contribution is -3.19. The zero-order valence-corrected chi connectivity index (χ0v) is 17.4. The van der Waals surface area contributed by atoms with Crippen LogP contribution in [0.5, 0.6) is 0 Å². The van der Waals surface area contributed by atoms with Crippen molar-refractivity contribution < 1.29 is 9.69 Å². The van der Waals surface area contributed by atoms with Crippen molar-refractivity contribution in [2.24, 2.45) is 7.05 Å². The second-order valence-corrected chi connectivity index (χ2v) is 7.74. The van der Waals surface area contributed by atoms with Gasteiger partial charge in [0.25, 0.3) is 5.91 Å². The molecule has 0 aliphatic carbocycles. The Hall–Kier alpha value is -2.34. The molecule has 1 aromatic heterocycles. The lowest BCUT2D eigenvalue weighted by atomic mass is 10.1. The molecule has 1 aromatic carbocycles. The number of quaternary nitrogens is 1. The van der Waals surface area contributed by atoms with Crippen LogP contribution in [-0.4, -0.2) is 47.9 Å². The predicted molar refractivity (Wildman–Crippen MR) is 110 cm³/mol. The fraction of sp³-hybridized carbons (Fsp3) is 0.524. The van der Waals surface area contributed by atoms with Crippen molar-refractivity contribution in [2.45, 2.75) is 40.7 Å². The van der Waals surface area contributed by atoms with Gasteiger partial charge in [-0.05, 0) is 51.8 Å². The molecule has 0 bridgehead atoms. The van der Waals surface area contributed by atoms with E-state index in [2.05, 4.69) is 47.4 Å². The van der Waals surface area contributed by atoms with Crippen LogP contribution in [-0.2, 0) is 11.8 Å². The number of nitrogens with one attached hydrogen (secondary N) is 2. The van der Waals surface area contributed by atoms with Gasteiger partial charge >= 0.3 is 0 Å². The Balaban J connectivity index is 1.62. The third-order valence-corrected chi connectivity index (χ3v) is 6.09. The number of aromatic nitrogens is 2. The van der Waals surface area contributed by atoms with Crippen molar-refractivity contribution in [2.75, 3.05) is 36.4 Å². The van der Waals surface area contributed by atoms with Crippen molar-refractivity contribution in [3.8, 4) is 0 Å². The number of nitrogens with zero attached hydrogens (tertiary/aromatic N) is 3. The Morgan fingerprint density at radius 3 is 2.44 bits per heavy atom. The molecule has 6 heteroatoms. The van der Waals surface area contributed by atoms with Gasteiger partial charge in [-0.2, -0.15) is 5.10 Å². The van der Waals surface area contributed by atoms with Crippen molar-refractivity contribution in [1.82, 2.24) is 9.78 Å². The Kier molecular flexibility index (Phi) is 5.56. The van der Waals surface area contributed by atoms with Gasteiger partial charge in [0.15, 0.2) is 6.04 Å². The molecule has 2 heterocycles. The van der Waals surface area contributed by atoms with Gasteiger partial charge in [0, 0.05) is 12.7 Å². The topological polar surface area (TPSA) is 54.6 Å². The second kappa shape index (κ2) is 7.72. The number of piperazine rings is 1. The summed E-state index contributed by atoms with van der Waals surface area (Å²) in [6.45, 7) is 14.2.